The van der Waals surface area contributed by atoms with E-state index in [1.54, 1.807) is 12.4 Å². The number of aryl methyl sites for hydroxylation is 1. The van der Waals surface area contributed by atoms with Crippen molar-refractivity contribution in [3.63, 3.8) is 0 Å². The van der Waals surface area contributed by atoms with Crippen LogP contribution in [0.5, 0.6) is 5.75 Å². The third-order valence-corrected chi connectivity index (χ3v) is 2.96. The summed E-state index contributed by atoms with van der Waals surface area (Å²) in [6.07, 6.45) is 4.26. The van der Waals surface area contributed by atoms with Gasteiger partial charge in [-0.2, -0.15) is 0 Å². The van der Waals surface area contributed by atoms with Gasteiger partial charge in [-0.05, 0) is 36.8 Å². The highest BCUT2D eigenvalue weighted by molar-refractivity contribution is 6.18. The normalized spacial score (nSPS) is 9.70. The number of nitrogens with zero attached hydrogens (tertiary/aromatic N) is 1. The fraction of sp³-hybridized carbons (Fsp3) is 0.235. The van der Waals surface area contributed by atoms with Crippen LogP contribution in [0.3, 0.4) is 0 Å². The molecular weight excluding hydrogens is 270 g/mol. The number of alkyl halides is 1. The molecule has 0 radical (unpaired) electrons. The van der Waals surface area contributed by atoms with Crippen molar-refractivity contribution in [1.82, 2.24) is 4.98 Å². The molecule has 1 aromatic carbocycles. The van der Waals surface area contributed by atoms with Gasteiger partial charge in [-0.15, -0.1) is 11.6 Å². The smallest absolute Gasteiger partial charge is 0.120 e. The summed E-state index contributed by atoms with van der Waals surface area (Å²) >= 11 is 5.60. The number of rotatable bonds is 4. The van der Waals surface area contributed by atoms with Crippen molar-refractivity contribution in [1.29, 1.82) is 0 Å². The molecule has 0 N–H and O–H groups in total. The van der Waals surface area contributed by atoms with Gasteiger partial charge in [0.2, 0.25) is 0 Å². The molecule has 20 heavy (non-hydrogen) atoms. The second-order valence-electron chi connectivity index (χ2n) is 4.37. The Labute approximate surface area is 124 Å². The molecule has 0 aliphatic heterocycles. The number of benzene rings is 1. The van der Waals surface area contributed by atoms with Crippen LogP contribution in [0.1, 0.15) is 23.1 Å². The van der Waals surface area contributed by atoms with Crippen LogP contribution < -0.4 is 4.74 Å². The van der Waals surface area contributed by atoms with Crippen LogP contribution in [-0.2, 0) is 6.61 Å². The molecule has 0 saturated heterocycles. The zero-order chi connectivity index (χ0) is 14.2. The lowest BCUT2D eigenvalue weighted by Gasteiger charge is -2.07. The van der Waals surface area contributed by atoms with Crippen LogP contribution in [-0.4, -0.2) is 10.9 Å². The molecule has 0 fully saturated rings. The van der Waals surface area contributed by atoms with Gasteiger partial charge in [-0.1, -0.05) is 17.9 Å². The average molecular weight is 286 g/mol. The second-order valence-corrected chi connectivity index (χ2v) is 4.75. The van der Waals surface area contributed by atoms with E-state index in [1.165, 1.54) is 0 Å². The fourth-order valence-electron chi connectivity index (χ4n) is 1.72. The molecule has 1 aromatic heterocycles. The molecular formula is C17H16ClNO. The minimum Gasteiger partial charge on any atom is -0.489 e. The maximum absolute atomic E-state index is 5.74. The van der Waals surface area contributed by atoms with Gasteiger partial charge in [-0.3, -0.25) is 4.98 Å². The van der Waals surface area contributed by atoms with Crippen LogP contribution in [0.2, 0.25) is 0 Å². The standard InChI is InChI=1S/C17H16ClNO/c1-14-11-17(8-7-16(14)6-2-3-9-18)20-13-15-5-4-10-19-12-15/h4-5,7-8,10-12H,3,9,13H2,1H3. The number of halogens is 1. The number of hydrogen-bond donors (Lipinski definition) is 0. The second kappa shape index (κ2) is 7.57. The van der Waals surface area contributed by atoms with Gasteiger partial charge in [0.15, 0.2) is 0 Å². The molecule has 0 amide bonds. The molecule has 0 saturated carbocycles. The van der Waals surface area contributed by atoms with Crippen molar-refractivity contribution >= 4 is 11.6 Å². The highest BCUT2D eigenvalue weighted by Crippen LogP contribution is 2.17. The van der Waals surface area contributed by atoms with Crippen molar-refractivity contribution in [3.8, 4) is 17.6 Å². The molecule has 2 rings (SSSR count). The van der Waals surface area contributed by atoms with Crippen LogP contribution in [0, 0.1) is 18.8 Å². The molecule has 0 aliphatic carbocycles. The van der Waals surface area contributed by atoms with Gasteiger partial charge in [0.05, 0.1) is 0 Å². The van der Waals surface area contributed by atoms with Gasteiger partial charge in [0.1, 0.15) is 12.4 Å². The average Bonchev–Trinajstić information content (AvgIpc) is 2.48. The predicted molar refractivity (Wildman–Crippen MR) is 82.0 cm³/mol. The summed E-state index contributed by atoms with van der Waals surface area (Å²) in [6, 6.07) is 9.82. The topological polar surface area (TPSA) is 22.1 Å². The number of pyridine rings is 1. The minimum absolute atomic E-state index is 0.518. The van der Waals surface area contributed by atoms with E-state index in [4.69, 9.17) is 16.3 Å². The van der Waals surface area contributed by atoms with Crippen molar-refractivity contribution < 1.29 is 4.74 Å². The van der Waals surface area contributed by atoms with Crippen molar-refractivity contribution in [2.24, 2.45) is 0 Å². The summed E-state index contributed by atoms with van der Waals surface area (Å²) in [5.41, 5.74) is 3.18. The third kappa shape index (κ3) is 4.29. The summed E-state index contributed by atoms with van der Waals surface area (Å²) in [5, 5.41) is 0. The van der Waals surface area contributed by atoms with E-state index in [2.05, 4.69) is 16.8 Å². The van der Waals surface area contributed by atoms with Gasteiger partial charge in [0, 0.05) is 35.8 Å². The molecule has 2 nitrogen and oxygen atoms in total. The predicted octanol–water partition coefficient (Wildman–Crippen LogP) is 3.95. The van der Waals surface area contributed by atoms with E-state index in [-0.39, 0.29) is 0 Å². The minimum atomic E-state index is 0.518. The maximum Gasteiger partial charge on any atom is 0.120 e. The zero-order valence-electron chi connectivity index (χ0n) is 11.4. The summed E-state index contributed by atoms with van der Waals surface area (Å²) in [5.74, 6) is 7.56. The zero-order valence-corrected chi connectivity index (χ0v) is 12.2. The summed E-state index contributed by atoms with van der Waals surface area (Å²) < 4.78 is 5.74. The number of aromatic nitrogens is 1. The molecule has 3 heteroatoms. The number of hydrogen-bond acceptors (Lipinski definition) is 2. The lowest BCUT2D eigenvalue weighted by molar-refractivity contribution is 0.305. The largest absolute Gasteiger partial charge is 0.489 e. The van der Waals surface area contributed by atoms with Crippen LogP contribution in [0.4, 0.5) is 0 Å². The summed E-state index contributed by atoms with van der Waals surface area (Å²) in [6.45, 7) is 2.55. The first-order chi connectivity index (χ1) is 9.79. The van der Waals surface area contributed by atoms with Gasteiger partial charge < -0.3 is 4.74 Å². The Bertz CT molecular complexity index is 614. The van der Waals surface area contributed by atoms with E-state index >= 15 is 0 Å². The van der Waals surface area contributed by atoms with Gasteiger partial charge in [0.25, 0.3) is 0 Å². The Morgan fingerprint density at radius 3 is 2.90 bits per heavy atom. The summed E-state index contributed by atoms with van der Waals surface area (Å²) in [4.78, 5) is 4.06. The highest BCUT2D eigenvalue weighted by atomic mass is 35.5. The quantitative estimate of drug-likeness (QED) is 0.627. The molecule has 0 aliphatic rings. The van der Waals surface area contributed by atoms with Crippen LogP contribution in [0.15, 0.2) is 42.7 Å². The van der Waals surface area contributed by atoms with Crippen molar-refractivity contribution in [3.05, 3.63) is 59.4 Å². The molecule has 0 atom stereocenters. The molecule has 2 aromatic rings. The first kappa shape index (κ1) is 14.4. The molecule has 0 bridgehead atoms. The van der Waals surface area contributed by atoms with E-state index in [9.17, 15) is 0 Å². The Morgan fingerprint density at radius 2 is 2.20 bits per heavy atom. The number of ether oxygens (including phenoxy) is 1. The SMILES string of the molecule is Cc1cc(OCc2cccnc2)ccc1C#CCCCl. The Morgan fingerprint density at radius 1 is 1.30 bits per heavy atom. The third-order valence-electron chi connectivity index (χ3n) is 2.77. The van der Waals surface area contributed by atoms with Crippen molar-refractivity contribution in [2.75, 3.05) is 5.88 Å². The Balaban J connectivity index is 2.01. The summed E-state index contributed by atoms with van der Waals surface area (Å²) in [7, 11) is 0. The molecule has 102 valence electrons. The van der Waals surface area contributed by atoms with Gasteiger partial charge in [-0.25, -0.2) is 0 Å². The molecule has 1 heterocycles. The molecule has 0 spiro atoms. The Kier molecular flexibility index (Phi) is 5.46. The fourth-order valence-corrected chi connectivity index (χ4v) is 1.82. The van der Waals surface area contributed by atoms with E-state index in [1.807, 2.05) is 37.3 Å². The van der Waals surface area contributed by atoms with Crippen molar-refractivity contribution in [2.45, 2.75) is 20.0 Å². The van der Waals surface area contributed by atoms with E-state index < -0.39 is 0 Å². The monoisotopic (exact) mass is 285 g/mol. The van der Waals surface area contributed by atoms with Crippen LogP contribution in [0.25, 0.3) is 0 Å². The Hall–Kier alpha value is -1.98. The van der Waals surface area contributed by atoms with Gasteiger partial charge >= 0.3 is 0 Å². The van der Waals surface area contributed by atoms with E-state index in [0.29, 0.717) is 18.9 Å². The maximum atomic E-state index is 5.74. The lowest BCUT2D eigenvalue weighted by atomic mass is 10.1. The van der Waals surface area contributed by atoms with Crippen LogP contribution >= 0.6 is 11.6 Å². The lowest BCUT2D eigenvalue weighted by Crippen LogP contribution is -1.96. The molecule has 0 unspecified atom stereocenters. The first-order valence-corrected chi connectivity index (χ1v) is 7.00. The highest BCUT2D eigenvalue weighted by Gasteiger charge is 2.00. The van der Waals surface area contributed by atoms with E-state index in [0.717, 1.165) is 22.4 Å². The first-order valence-electron chi connectivity index (χ1n) is 6.47.